The molecule has 2 rings (SSSR count). The second-order valence-electron chi connectivity index (χ2n) is 6.61. The Morgan fingerprint density at radius 3 is 2.00 bits per heavy atom. The number of nitrogens with two attached hydrogens (primary N) is 1. The molecule has 1 aromatic carbocycles. The summed E-state index contributed by atoms with van der Waals surface area (Å²) >= 11 is 0. The van der Waals surface area contributed by atoms with Gasteiger partial charge in [0, 0.05) is 0 Å². The van der Waals surface area contributed by atoms with Crippen molar-refractivity contribution in [3.8, 4) is 0 Å². The maximum absolute atomic E-state index is 11.4. The summed E-state index contributed by atoms with van der Waals surface area (Å²) in [5.41, 5.74) is 8.61. The first-order valence-corrected chi connectivity index (χ1v) is 7.50. The van der Waals surface area contributed by atoms with Gasteiger partial charge in [-0.15, -0.1) is 0 Å². The van der Waals surface area contributed by atoms with Crippen molar-refractivity contribution in [1.29, 1.82) is 0 Å². The van der Waals surface area contributed by atoms with Crippen LogP contribution in [0.5, 0.6) is 0 Å². The fraction of sp³-hybridized carbons (Fsp3) is 0.588. The van der Waals surface area contributed by atoms with Crippen LogP contribution >= 0.6 is 0 Å². The lowest BCUT2D eigenvalue weighted by Crippen LogP contribution is -2.46. The minimum atomic E-state index is -0.890. The zero-order valence-corrected chi connectivity index (χ0v) is 13.3. The molecule has 1 aliphatic heterocycles. The van der Waals surface area contributed by atoms with Crippen LogP contribution in [-0.4, -0.2) is 24.2 Å². The summed E-state index contributed by atoms with van der Waals surface area (Å²) in [4.78, 5) is 11.4. The van der Waals surface area contributed by atoms with Crippen LogP contribution in [0.2, 0.25) is 0 Å². The number of aliphatic hydroxyl groups is 1. The lowest BCUT2D eigenvalue weighted by molar-refractivity contribution is -0.184. The van der Waals surface area contributed by atoms with E-state index in [2.05, 4.69) is 27.7 Å². The molecule has 1 heterocycles. The maximum Gasteiger partial charge on any atom is 0.221 e. The van der Waals surface area contributed by atoms with Gasteiger partial charge in [0.15, 0.2) is 0 Å². The van der Waals surface area contributed by atoms with Crippen molar-refractivity contribution >= 4 is 5.91 Å². The molecule has 0 aromatic heterocycles. The van der Waals surface area contributed by atoms with Crippen molar-refractivity contribution < 1.29 is 14.6 Å². The monoisotopic (exact) mass is 291 g/mol. The summed E-state index contributed by atoms with van der Waals surface area (Å²) in [6.07, 6.45) is 0.246. The molecule has 0 radical (unpaired) electrons. The highest BCUT2D eigenvalue weighted by atomic mass is 16.5. The first kappa shape index (κ1) is 16.0. The Balaban J connectivity index is 2.60. The Morgan fingerprint density at radius 2 is 1.71 bits per heavy atom. The Labute approximate surface area is 126 Å². The number of benzene rings is 1. The number of primary amides is 1. The van der Waals surface area contributed by atoms with E-state index in [9.17, 15) is 9.90 Å². The Kier molecular flexibility index (Phi) is 4.40. The first-order chi connectivity index (χ1) is 9.74. The SMILES string of the molecule is CC(C)c1cc(C2(O)COC2)cc(C(C)C)c1CC(N)=O. The molecule has 0 unspecified atom stereocenters. The number of rotatable bonds is 5. The molecule has 1 amide bonds. The van der Waals surface area contributed by atoms with Crippen LogP contribution < -0.4 is 5.73 Å². The minimum absolute atomic E-state index is 0.246. The maximum atomic E-state index is 11.4. The quantitative estimate of drug-likeness (QED) is 0.873. The third-order valence-corrected chi connectivity index (χ3v) is 4.13. The highest BCUT2D eigenvalue weighted by molar-refractivity contribution is 5.77. The fourth-order valence-electron chi connectivity index (χ4n) is 2.86. The van der Waals surface area contributed by atoms with E-state index in [0.29, 0.717) is 13.2 Å². The third kappa shape index (κ3) is 3.11. The molecule has 3 N–H and O–H groups in total. The molecular weight excluding hydrogens is 266 g/mol. The van der Waals surface area contributed by atoms with Crippen LogP contribution in [0.25, 0.3) is 0 Å². The van der Waals surface area contributed by atoms with Gasteiger partial charge in [0.25, 0.3) is 0 Å². The lowest BCUT2D eigenvalue weighted by atomic mass is 9.80. The van der Waals surface area contributed by atoms with Crippen LogP contribution in [0, 0.1) is 0 Å². The number of carbonyl (C=O) groups excluding carboxylic acids is 1. The van der Waals surface area contributed by atoms with Crippen molar-refractivity contribution in [2.45, 2.75) is 51.6 Å². The van der Waals surface area contributed by atoms with Gasteiger partial charge >= 0.3 is 0 Å². The lowest BCUT2D eigenvalue weighted by Gasteiger charge is -2.38. The van der Waals surface area contributed by atoms with Gasteiger partial charge in [0.2, 0.25) is 5.91 Å². The number of ether oxygens (including phenoxy) is 1. The summed E-state index contributed by atoms with van der Waals surface area (Å²) in [5.74, 6) is 0.208. The van der Waals surface area contributed by atoms with Gasteiger partial charge in [-0.05, 0) is 34.1 Å². The molecule has 0 bridgehead atoms. The van der Waals surface area contributed by atoms with E-state index < -0.39 is 5.60 Å². The van der Waals surface area contributed by atoms with Crippen LogP contribution in [0.1, 0.15) is 61.8 Å². The van der Waals surface area contributed by atoms with E-state index in [-0.39, 0.29) is 24.2 Å². The molecule has 0 atom stereocenters. The molecule has 21 heavy (non-hydrogen) atoms. The van der Waals surface area contributed by atoms with Gasteiger partial charge in [-0.2, -0.15) is 0 Å². The molecule has 0 saturated carbocycles. The Morgan fingerprint density at radius 1 is 1.24 bits per heavy atom. The predicted molar refractivity (Wildman–Crippen MR) is 82.2 cm³/mol. The molecular formula is C17H25NO3. The van der Waals surface area contributed by atoms with Gasteiger partial charge in [0.1, 0.15) is 5.60 Å². The standard InChI is InChI=1S/C17H25NO3/c1-10(2)13-5-12(17(20)8-21-9-17)6-14(11(3)4)15(13)7-16(18)19/h5-6,10-11,20H,7-9H2,1-4H3,(H2,18,19). The number of hydrogen-bond acceptors (Lipinski definition) is 3. The van der Waals surface area contributed by atoms with Gasteiger partial charge in [-0.1, -0.05) is 39.8 Å². The normalized spacial score (nSPS) is 17.1. The number of hydrogen-bond donors (Lipinski definition) is 2. The third-order valence-electron chi connectivity index (χ3n) is 4.13. The highest BCUT2D eigenvalue weighted by Crippen LogP contribution is 2.36. The highest BCUT2D eigenvalue weighted by Gasteiger charge is 2.39. The van der Waals surface area contributed by atoms with Crippen molar-refractivity contribution in [2.75, 3.05) is 13.2 Å². The number of amides is 1. The molecule has 1 aliphatic rings. The van der Waals surface area contributed by atoms with Gasteiger partial charge < -0.3 is 15.6 Å². The second-order valence-corrected chi connectivity index (χ2v) is 6.61. The molecule has 0 spiro atoms. The average Bonchev–Trinajstić information content (AvgIpc) is 2.34. The molecule has 116 valence electrons. The van der Waals surface area contributed by atoms with Gasteiger partial charge in [0.05, 0.1) is 19.6 Å². The topological polar surface area (TPSA) is 72.6 Å². The van der Waals surface area contributed by atoms with Crippen molar-refractivity contribution in [2.24, 2.45) is 5.73 Å². The zero-order valence-electron chi connectivity index (χ0n) is 13.3. The summed E-state index contributed by atoms with van der Waals surface area (Å²) in [7, 11) is 0. The second kappa shape index (κ2) is 5.78. The van der Waals surface area contributed by atoms with E-state index in [0.717, 1.165) is 22.3 Å². The summed E-state index contributed by atoms with van der Waals surface area (Å²) in [6, 6.07) is 4.02. The molecule has 1 saturated heterocycles. The predicted octanol–water partition coefficient (Wildman–Crippen LogP) is 2.18. The molecule has 4 nitrogen and oxygen atoms in total. The molecule has 0 aliphatic carbocycles. The van der Waals surface area contributed by atoms with Crippen molar-refractivity contribution in [3.63, 3.8) is 0 Å². The fourth-order valence-corrected chi connectivity index (χ4v) is 2.86. The van der Waals surface area contributed by atoms with E-state index in [1.807, 2.05) is 12.1 Å². The Bertz CT molecular complexity index is 516. The van der Waals surface area contributed by atoms with Crippen LogP contribution in [0.15, 0.2) is 12.1 Å². The minimum Gasteiger partial charge on any atom is -0.380 e. The van der Waals surface area contributed by atoms with E-state index in [1.54, 1.807) is 0 Å². The smallest absolute Gasteiger partial charge is 0.221 e. The Hall–Kier alpha value is -1.39. The van der Waals surface area contributed by atoms with Crippen LogP contribution in [0.3, 0.4) is 0 Å². The summed E-state index contributed by atoms with van der Waals surface area (Å²) in [6.45, 7) is 9.03. The van der Waals surface area contributed by atoms with Gasteiger partial charge in [-0.25, -0.2) is 0 Å². The largest absolute Gasteiger partial charge is 0.380 e. The summed E-state index contributed by atoms with van der Waals surface area (Å²) < 4.78 is 5.16. The van der Waals surface area contributed by atoms with Crippen LogP contribution in [0.4, 0.5) is 0 Å². The summed E-state index contributed by atoms with van der Waals surface area (Å²) in [5, 5.41) is 10.5. The molecule has 4 heteroatoms. The zero-order chi connectivity index (χ0) is 15.8. The van der Waals surface area contributed by atoms with Gasteiger partial charge in [-0.3, -0.25) is 4.79 Å². The van der Waals surface area contributed by atoms with Crippen LogP contribution in [-0.2, 0) is 21.6 Å². The van der Waals surface area contributed by atoms with E-state index in [1.165, 1.54) is 0 Å². The van der Waals surface area contributed by atoms with E-state index in [4.69, 9.17) is 10.5 Å². The van der Waals surface area contributed by atoms with Crippen molar-refractivity contribution in [1.82, 2.24) is 0 Å². The van der Waals surface area contributed by atoms with Crippen molar-refractivity contribution in [3.05, 3.63) is 34.4 Å². The first-order valence-electron chi connectivity index (χ1n) is 7.50. The number of carbonyl (C=O) groups is 1. The molecule has 1 fully saturated rings. The van der Waals surface area contributed by atoms with E-state index >= 15 is 0 Å². The molecule has 1 aromatic rings. The average molecular weight is 291 g/mol.